The fourth-order valence-electron chi connectivity index (χ4n) is 5.02. The molecule has 0 saturated heterocycles. The van der Waals surface area contributed by atoms with Crippen molar-refractivity contribution in [1.29, 1.82) is 0 Å². The van der Waals surface area contributed by atoms with Crippen molar-refractivity contribution in [1.82, 2.24) is 0 Å². The van der Waals surface area contributed by atoms with Crippen LogP contribution in [0.4, 0.5) is 0 Å². The number of halogens is 1. The maximum atomic E-state index is 10.9. The third-order valence-corrected chi connectivity index (χ3v) is 7.47. The molecule has 0 saturated carbocycles. The van der Waals surface area contributed by atoms with Crippen LogP contribution in [-0.2, 0) is 4.79 Å². The Morgan fingerprint density at radius 2 is 0.784 bits per heavy atom. The lowest BCUT2D eigenvalue weighted by molar-refractivity contribution is -0.140. The predicted molar refractivity (Wildman–Crippen MR) is 168 cm³/mol. The average molecular weight is 541 g/mol. The lowest BCUT2D eigenvalue weighted by atomic mass is 10.00. The highest BCUT2D eigenvalue weighted by Crippen LogP contribution is 2.17. The molecule has 0 amide bonds. The minimum Gasteiger partial charge on any atom is -0.481 e. The fourth-order valence-corrected chi connectivity index (χ4v) is 5.02. The SMILES string of the molecule is C=CC(CCCCCCCCCCCCCCCCCCCCCCCCCCCC)C(=O)O.C=CCl. The van der Waals surface area contributed by atoms with Gasteiger partial charge in [-0.1, -0.05) is 198 Å². The molecule has 3 heteroatoms. The molecule has 1 N–H and O–H groups in total. The third kappa shape index (κ3) is 35.2. The molecule has 0 aliphatic carbocycles. The van der Waals surface area contributed by atoms with Gasteiger partial charge in [0.05, 0.1) is 5.92 Å². The Kier molecular flexibility index (Phi) is 36.6. The van der Waals surface area contributed by atoms with Gasteiger partial charge in [-0.05, 0) is 12.0 Å². The van der Waals surface area contributed by atoms with Gasteiger partial charge in [0.25, 0.3) is 0 Å². The molecule has 0 radical (unpaired) electrons. The van der Waals surface area contributed by atoms with Crippen molar-refractivity contribution in [3.05, 3.63) is 24.8 Å². The van der Waals surface area contributed by atoms with E-state index in [1.165, 1.54) is 160 Å². The quantitative estimate of drug-likeness (QED) is 0.0756. The molecule has 0 aromatic rings. The van der Waals surface area contributed by atoms with Crippen LogP contribution in [0.15, 0.2) is 24.8 Å². The molecular formula is C34H65ClO2. The van der Waals surface area contributed by atoms with Crippen LogP contribution in [0.25, 0.3) is 0 Å². The van der Waals surface area contributed by atoms with Gasteiger partial charge in [0.2, 0.25) is 0 Å². The zero-order valence-corrected chi connectivity index (χ0v) is 25.7. The minimum atomic E-state index is -0.727. The smallest absolute Gasteiger partial charge is 0.310 e. The number of rotatable bonds is 29. The van der Waals surface area contributed by atoms with E-state index in [-0.39, 0.29) is 5.92 Å². The highest BCUT2D eigenvalue weighted by atomic mass is 35.5. The van der Waals surface area contributed by atoms with Crippen LogP contribution in [0, 0.1) is 5.92 Å². The number of hydrogen-bond donors (Lipinski definition) is 1. The minimum absolute atomic E-state index is 0.352. The zero-order valence-electron chi connectivity index (χ0n) is 25.0. The summed E-state index contributed by atoms with van der Waals surface area (Å²) in [6.07, 6.45) is 38.7. The summed E-state index contributed by atoms with van der Waals surface area (Å²) in [5, 5.41) is 8.99. The standard InChI is InChI=1S/C32H62O2.C2H3Cl/c1-3-5-6-7-8-9-10-11-12-13-14-15-16-17-18-19-20-21-22-23-24-25-26-27-28-29-30-31(4-2)32(33)34;1-2-3/h4,31H,2-3,5-30H2,1H3,(H,33,34);2H,1H2. The maximum absolute atomic E-state index is 10.9. The van der Waals surface area contributed by atoms with E-state index in [2.05, 4.69) is 20.1 Å². The highest BCUT2D eigenvalue weighted by Gasteiger charge is 2.11. The molecule has 0 rings (SSSR count). The summed E-state index contributed by atoms with van der Waals surface area (Å²) < 4.78 is 0. The maximum Gasteiger partial charge on any atom is 0.310 e. The molecule has 2 nitrogen and oxygen atoms in total. The number of carboxylic acid groups (broad SMARTS) is 1. The summed E-state index contributed by atoms with van der Waals surface area (Å²) >= 11 is 4.76. The Bertz CT molecular complexity index is 463. The van der Waals surface area contributed by atoms with E-state index in [1.807, 2.05) is 0 Å². The van der Waals surface area contributed by atoms with Gasteiger partial charge in [0.1, 0.15) is 0 Å². The first kappa shape index (κ1) is 38.4. The van der Waals surface area contributed by atoms with Crippen LogP contribution in [0.2, 0.25) is 0 Å². The van der Waals surface area contributed by atoms with Gasteiger partial charge >= 0.3 is 5.97 Å². The predicted octanol–water partition coefficient (Wildman–Crippen LogP) is 12.8. The van der Waals surface area contributed by atoms with Crippen LogP contribution in [0.5, 0.6) is 0 Å². The summed E-state index contributed by atoms with van der Waals surface area (Å²) in [7, 11) is 0. The molecule has 1 unspecified atom stereocenters. The van der Waals surface area contributed by atoms with Crippen molar-refractivity contribution < 1.29 is 9.90 Å². The van der Waals surface area contributed by atoms with E-state index in [0.717, 1.165) is 19.3 Å². The number of carboxylic acids is 1. The van der Waals surface area contributed by atoms with Crippen LogP contribution in [0.3, 0.4) is 0 Å². The first-order valence-electron chi connectivity index (χ1n) is 16.2. The van der Waals surface area contributed by atoms with Gasteiger partial charge in [0, 0.05) is 0 Å². The fraction of sp³-hybridized carbons (Fsp3) is 0.853. The zero-order chi connectivity index (χ0) is 27.7. The van der Waals surface area contributed by atoms with E-state index >= 15 is 0 Å². The molecule has 0 aromatic carbocycles. The van der Waals surface area contributed by atoms with Crippen molar-refractivity contribution in [2.24, 2.45) is 5.92 Å². The molecule has 0 fully saturated rings. The molecule has 37 heavy (non-hydrogen) atoms. The summed E-state index contributed by atoms with van der Waals surface area (Å²) in [4.78, 5) is 10.9. The molecule has 0 heterocycles. The van der Waals surface area contributed by atoms with Crippen molar-refractivity contribution in [3.63, 3.8) is 0 Å². The number of aliphatic carboxylic acids is 1. The second-order valence-corrected chi connectivity index (χ2v) is 11.3. The normalized spacial score (nSPS) is 11.5. The van der Waals surface area contributed by atoms with Crippen molar-refractivity contribution in [3.8, 4) is 0 Å². The third-order valence-electron chi connectivity index (χ3n) is 7.47. The second-order valence-electron chi connectivity index (χ2n) is 11.0. The van der Waals surface area contributed by atoms with Crippen molar-refractivity contribution in [2.75, 3.05) is 0 Å². The Labute approximate surface area is 238 Å². The lowest BCUT2D eigenvalue weighted by Gasteiger charge is -2.06. The van der Waals surface area contributed by atoms with E-state index in [9.17, 15) is 4.79 Å². The average Bonchev–Trinajstić information content (AvgIpc) is 2.88. The summed E-state index contributed by atoms with van der Waals surface area (Å²) in [5.41, 5.74) is 1.22. The molecular weight excluding hydrogens is 476 g/mol. The van der Waals surface area contributed by atoms with Crippen LogP contribution < -0.4 is 0 Å². The Morgan fingerprint density at radius 1 is 0.568 bits per heavy atom. The second kappa shape index (κ2) is 35.2. The van der Waals surface area contributed by atoms with Crippen LogP contribution in [-0.4, -0.2) is 11.1 Å². The summed E-state index contributed by atoms with van der Waals surface area (Å²) in [6, 6.07) is 0. The van der Waals surface area contributed by atoms with Gasteiger partial charge in [-0.25, -0.2) is 0 Å². The van der Waals surface area contributed by atoms with Gasteiger partial charge in [-0.3, -0.25) is 4.79 Å². The van der Waals surface area contributed by atoms with Crippen molar-refractivity contribution >= 4 is 17.6 Å². The van der Waals surface area contributed by atoms with Crippen LogP contribution >= 0.6 is 11.6 Å². The molecule has 220 valence electrons. The highest BCUT2D eigenvalue weighted by molar-refractivity contribution is 6.25. The van der Waals surface area contributed by atoms with E-state index in [1.54, 1.807) is 6.08 Å². The molecule has 0 aliphatic heterocycles. The Hall–Kier alpha value is -0.760. The first-order valence-corrected chi connectivity index (χ1v) is 16.6. The summed E-state index contributed by atoms with van der Waals surface area (Å²) in [6.45, 7) is 9.04. The van der Waals surface area contributed by atoms with Gasteiger partial charge < -0.3 is 5.11 Å². The van der Waals surface area contributed by atoms with Gasteiger partial charge in [-0.15, -0.1) is 6.58 Å². The molecule has 0 bridgehead atoms. The lowest BCUT2D eigenvalue weighted by Crippen LogP contribution is -2.10. The number of unbranched alkanes of at least 4 members (excludes halogenated alkanes) is 25. The monoisotopic (exact) mass is 540 g/mol. The largest absolute Gasteiger partial charge is 0.481 e. The van der Waals surface area contributed by atoms with Crippen molar-refractivity contribution in [2.45, 2.75) is 180 Å². The first-order chi connectivity index (χ1) is 18.1. The molecule has 1 atom stereocenters. The summed E-state index contributed by atoms with van der Waals surface area (Å²) in [5.74, 6) is -1.08. The van der Waals surface area contributed by atoms with Gasteiger partial charge in [0.15, 0.2) is 0 Å². The Balaban J connectivity index is 0. The van der Waals surface area contributed by atoms with E-state index in [0.29, 0.717) is 0 Å². The molecule has 0 aromatic heterocycles. The van der Waals surface area contributed by atoms with E-state index < -0.39 is 5.97 Å². The molecule has 0 spiro atoms. The number of hydrogen-bond acceptors (Lipinski definition) is 1. The van der Waals surface area contributed by atoms with Gasteiger partial charge in [-0.2, -0.15) is 0 Å². The van der Waals surface area contributed by atoms with E-state index in [4.69, 9.17) is 16.7 Å². The van der Waals surface area contributed by atoms with Crippen LogP contribution in [0.1, 0.15) is 180 Å². The topological polar surface area (TPSA) is 37.3 Å². The molecule has 0 aliphatic rings. The Morgan fingerprint density at radius 3 is 0.973 bits per heavy atom. The number of carbonyl (C=O) groups is 1.